The van der Waals surface area contributed by atoms with Gasteiger partial charge in [-0.2, -0.15) is 0 Å². The first kappa shape index (κ1) is 25.0. The van der Waals surface area contributed by atoms with E-state index in [1.165, 1.54) is 7.11 Å². The monoisotopic (exact) mass is 513 g/mol. The predicted octanol–water partition coefficient (Wildman–Crippen LogP) is 5.30. The van der Waals surface area contributed by atoms with E-state index < -0.39 is 23.6 Å². The number of benzene rings is 3. The van der Waals surface area contributed by atoms with E-state index in [0.717, 1.165) is 5.57 Å². The first-order valence-corrected chi connectivity index (χ1v) is 12.0. The zero-order valence-corrected chi connectivity index (χ0v) is 21.3. The van der Waals surface area contributed by atoms with Crippen LogP contribution in [0.4, 0.5) is 5.69 Å². The Morgan fingerprint density at radius 3 is 2.47 bits per heavy atom. The van der Waals surface area contributed by atoms with Crippen LogP contribution in [0.25, 0.3) is 11.0 Å². The van der Waals surface area contributed by atoms with Gasteiger partial charge in [-0.15, -0.1) is 0 Å². The van der Waals surface area contributed by atoms with Crippen molar-refractivity contribution in [1.29, 1.82) is 0 Å². The third-order valence-corrected chi connectivity index (χ3v) is 6.29. The van der Waals surface area contributed by atoms with E-state index in [0.29, 0.717) is 51.8 Å². The molecule has 0 radical (unpaired) electrons. The molecule has 0 bridgehead atoms. The van der Waals surface area contributed by atoms with Gasteiger partial charge in [0.1, 0.15) is 23.7 Å². The smallest absolute Gasteiger partial charge is 0.344 e. The highest BCUT2D eigenvalue weighted by Crippen LogP contribution is 2.46. The van der Waals surface area contributed by atoms with Gasteiger partial charge >= 0.3 is 5.63 Å². The summed E-state index contributed by atoms with van der Waals surface area (Å²) in [7, 11) is 3.10. The minimum atomic E-state index is -1.05. The van der Waals surface area contributed by atoms with Crippen LogP contribution in [0.5, 0.6) is 23.0 Å². The number of rotatable bonds is 8. The van der Waals surface area contributed by atoms with Crippen LogP contribution in [0, 0.1) is 0 Å². The lowest BCUT2D eigenvalue weighted by molar-refractivity contribution is -0.122. The normalized spacial score (nSPS) is 15.9. The van der Waals surface area contributed by atoms with Crippen molar-refractivity contribution in [2.75, 3.05) is 26.1 Å². The molecule has 2 heterocycles. The van der Waals surface area contributed by atoms with Crippen LogP contribution >= 0.6 is 0 Å². The average Bonchev–Trinajstić information content (AvgIpc) is 3.34. The fourth-order valence-corrected chi connectivity index (χ4v) is 4.51. The summed E-state index contributed by atoms with van der Waals surface area (Å²) in [6.45, 7) is 6.05. The van der Waals surface area contributed by atoms with Crippen LogP contribution in [-0.4, -0.2) is 32.8 Å². The summed E-state index contributed by atoms with van der Waals surface area (Å²) in [5.74, 6) is 0.795. The highest BCUT2D eigenvalue weighted by molar-refractivity contribution is 5.97. The van der Waals surface area contributed by atoms with Crippen LogP contribution in [0.15, 0.2) is 88.1 Å². The number of anilines is 1. The maximum atomic E-state index is 13.6. The number of amides is 1. The minimum Gasteiger partial charge on any atom is -0.497 e. The molecule has 0 fully saturated rings. The van der Waals surface area contributed by atoms with Crippen molar-refractivity contribution in [2.24, 2.45) is 0 Å². The Kier molecular flexibility index (Phi) is 6.79. The fourth-order valence-electron chi connectivity index (χ4n) is 4.51. The highest BCUT2D eigenvalue weighted by atomic mass is 16.5. The van der Waals surface area contributed by atoms with Crippen molar-refractivity contribution >= 4 is 22.6 Å². The van der Waals surface area contributed by atoms with E-state index in [1.807, 2.05) is 13.0 Å². The van der Waals surface area contributed by atoms with Gasteiger partial charge in [0.25, 0.3) is 5.91 Å². The Hall–Kier alpha value is -4.72. The van der Waals surface area contributed by atoms with Crippen molar-refractivity contribution < 1.29 is 28.2 Å². The lowest BCUT2D eigenvalue weighted by atomic mass is 9.88. The number of ether oxygens (including phenoxy) is 4. The molecule has 1 aliphatic rings. The second kappa shape index (κ2) is 10.3. The molecule has 8 nitrogen and oxygen atoms in total. The Balaban J connectivity index is 1.59. The molecule has 0 unspecified atom stereocenters. The topological polar surface area (TPSA) is 96.2 Å². The largest absolute Gasteiger partial charge is 0.497 e. The van der Waals surface area contributed by atoms with Gasteiger partial charge in [0.05, 0.1) is 31.1 Å². The molecule has 2 atom stereocenters. The number of hydrogen-bond acceptors (Lipinski definition) is 7. The summed E-state index contributed by atoms with van der Waals surface area (Å²) >= 11 is 0. The molecule has 0 saturated heterocycles. The molecule has 5 rings (SSSR count). The van der Waals surface area contributed by atoms with Crippen LogP contribution in [0.3, 0.4) is 0 Å². The first-order valence-electron chi connectivity index (χ1n) is 12.0. The molecule has 1 N–H and O–H groups in total. The van der Waals surface area contributed by atoms with E-state index in [2.05, 4.69) is 11.9 Å². The van der Waals surface area contributed by atoms with E-state index in [9.17, 15) is 9.59 Å². The third-order valence-electron chi connectivity index (χ3n) is 6.29. The standard InChI is InChI=1S/C30H27NO7/c1-17(2)16-36-23-14-9-18(15-24(23)35-4)25-26-27(21-7-5-6-8-22(21)37-30(26)33)38-28(25)29(32)31-19-10-12-20(34-3)13-11-19/h5-15,25,28H,1,16H2,2-4H3,(H,31,32)/t25-,28+/m1/s1. The molecule has 0 saturated carbocycles. The highest BCUT2D eigenvalue weighted by Gasteiger charge is 2.44. The number of nitrogens with one attached hydrogen (secondary N) is 1. The van der Waals surface area contributed by atoms with Crippen molar-refractivity contribution in [3.8, 4) is 23.0 Å². The van der Waals surface area contributed by atoms with E-state index in [-0.39, 0.29) is 5.56 Å². The van der Waals surface area contributed by atoms with Crippen molar-refractivity contribution in [2.45, 2.75) is 18.9 Å². The van der Waals surface area contributed by atoms with Gasteiger partial charge in [0.15, 0.2) is 17.6 Å². The summed E-state index contributed by atoms with van der Waals surface area (Å²) in [6, 6.07) is 19.3. The van der Waals surface area contributed by atoms with Gasteiger partial charge in [0, 0.05) is 5.69 Å². The number of methoxy groups -OCH3 is 2. The van der Waals surface area contributed by atoms with Crippen molar-refractivity contribution in [3.05, 3.63) is 100 Å². The van der Waals surface area contributed by atoms with Gasteiger partial charge in [0.2, 0.25) is 0 Å². The van der Waals surface area contributed by atoms with Crippen LogP contribution < -0.4 is 29.9 Å². The number of para-hydroxylation sites is 1. The maximum absolute atomic E-state index is 13.6. The van der Waals surface area contributed by atoms with Crippen LogP contribution in [-0.2, 0) is 4.79 Å². The van der Waals surface area contributed by atoms with E-state index in [1.54, 1.807) is 67.8 Å². The van der Waals surface area contributed by atoms with Gasteiger partial charge < -0.3 is 28.7 Å². The Morgan fingerprint density at radius 1 is 1.00 bits per heavy atom. The second-order valence-electron chi connectivity index (χ2n) is 9.02. The van der Waals surface area contributed by atoms with Gasteiger partial charge in [-0.1, -0.05) is 24.8 Å². The number of carbonyl (C=O) groups excluding carboxylic acids is 1. The van der Waals surface area contributed by atoms with Crippen LogP contribution in [0.1, 0.15) is 24.0 Å². The third kappa shape index (κ3) is 4.68. The summed E-state index contributed by atoms with van der Waals surface area (Å²) in [4.78, 5) is 26.8. The maximum Gasteiger partial charge on any atom is 0.344 e. The average molecular weight is 514 g/mol. The SMILES string of the molecule is C=C(C)COc1ccc([C@@H]2c3c(c4ccccc4oc3=O)O[C@@H]2C(=O)Nc2ccc(OC)cc2)cc1OC. The summed E-state index contributed by atoms with van der Waals surface area (Å²) in [6.07, 6.45) is -1.05. The predicted molar refractivity (Wildman–Crippen MR) is 144 cm³/mol. The quantitative estimate of drug-likeness (QED) is 0.252. The molecule has 0 aliphatic carbocycles. The second-order valence-corrected chi connectivity index (χ2v) is 9.02. The van der Waals surface area contributed by atoms with Crippen molar-refractivity contribution in [1.82, 2.24) is 0 Å². The lowest BCUT2D eigenvalue weighted by Crippen LogP contribution is -2.35. The molecule has 4 aromatic rings. The summed E-state index contributed by atoms with van der Waals surface area (Å²) in [5, 5.41) is 3.50. The first-order chi connectivity index (χ1) is 18.4. The molecule has 38 heavy (non-hydrogen) atoms. The lowest BCUT2D eigenvalue weighted by Gasteiger charge is -2.20. The van der Waals surface area contributed by atoms with Gasteiger partial charge in [-0.25, -0.2) is 4.79 Å². The molecule has 194 valence electrons. The molecule has 1 aliphatic heterocycles. The zero-order chi connectivity index (χ0) is 26.8. The fraction of sp³-hybridized carbons (Fsp3) is 0.200. The summed E-state index contributed by atoms with van der Waals surface area (Å²) in [5.41, 5.74) is 2.15. The molecule has 1 aromatic heterocycles. The Morgan fingerprint density at radius 2 is 1.76 bits per heavy atom. The molecule has 1 amide bonds. The molecule has 3 aromatic carbocycles. The Bertz CT molecular complexity index is 1570. The molecule has 0 spiro atoms. The minimum absolute atomic E-state index is 0.274. The number of hydrogen-bond donors (Lipinski definition) is 1. The Labute approximate surface area is 219 Å². The number of fused-ring (bicyclic) bond motifs is 3. The van der Waals surface area contributed by atoms with E-state index in [4.69, 9.17) is 23.4 Å². The zero-order valence-electron chi connectivity index (χ0n) is 21.3. The van der Waals surface area contributed by atoms with Crippen molar-refractivity contribution in [3.63, 3.8) is 0 Å². The molecule has 8 heteroatoms. The summed E-state index contributed by atoms with van der Waals surface area (Å²) < 4.78 is 28.4. The molecular weight excluding hydrogens is 486 g/mol. The van der Waals surface area contributed by atoms with E-state index >= 15 is 0 Å². The van der Waals surface area contributed by atoms with Gasteiger partial charge in [-0.05, 0) is 66.6 Å². The molecular formula is C30H27NO7. The number of carbonyl (C=O) groups is 1. The van der Waals surface area contributed by atoms with Gasteiger partial charge in [-0.3, -0.25) is 4.79 Å². The van der Waals surface area contributed by atoms with Crippen LogP contribution in [0.2, 0.25) is 0 Å².